The molecule has 0 heterocycles. The fourth-order valence-electron chi connectivity index (χ4n) is 1.11. The molecule has 0 radical (unpaired) electrons. The molecule has 0 amide bonds. The lowest BCUT2D eigenvalue weighted by Crippen LogP contribution is -2.12. The first kappa shape index (κ1) is 16.8. The Balaban J connectivity index is 2.97. The van der Waals surface area contributed by atoms with Crippen LogP contribution < -0.4 is 4.74 Å². The van der Waals surface area contributed by atoms with Gasteiger partial charge in [-0.05, 0) is 6.07 Å². The lowest BCUT2D eigenvalue weighted by Gasteiger charge is -2.09. The second-order valence-electron chi connectivity index (χ2n) is 3.63. The first-order valence-corrected chi connectivity index (χ1v) is 9.87. The smallest absolute Gasteiger partial charge is 0.262 e. The predicted octanol–water partition coefficient (Wildman–Crippen LogP) is 2.34. The van der Waals surface area contributed by atoms with Crippen LogP contribution in [0.15, 0.2) is 17.0 Å². The van der Waals surface area contributed by atoms with E-state index in [4.69, 9.17) is 38.6 Å². The number of ether oxygens (including phenoxy) is 1. The summed E-state index contributed by atoms with van der Waals surface area (Å²) in [5.41, 5.74) is 0. The molecule has 0 atom stereocenters. The van der Waals surface area contributed by atoms with Crippen LogP contribution in [0.5, 0.6) is 5.75 Å². The number of benzene rings is 1. The van der Waals surface area contributed by atoms with Gasteiger partial charge < -0.3 is 4.74 Å². The summed E-state index contributed by atoms with van der Waals surface area (Å²) >= 11 is 11.5. The first-order valence-electron chi connectivity index (χ1n) is 4.75. The van der Waals surface area contributed by atoms with Crippen LogP contribution in [0.3, 0.4) is 0 Å². The molecule has 0 aliphatic carbocycles. The SMILES string of the molecule is CS(=O)(=O)CCOc1cc(Cl)c(S(=O)(=O)Cl)cc1Cl. The van der Waals surface area contributed by atoms with Crippen molar-refractivity contribution < 1.29 is 21.6 Å². The van der Waals surface area contributed by atoms with Gasteiger partial charge in [-0.25, -0.2) is 16.8 Å². The molecule has 108 valence electrons. The maximum Gasteiger partial charge on any atom is 0.262 e. The highest BCUT2D eigenvalue weighted by Crippen LogP contribution is 2.34. The molecule has 0 N–H and O–H groups in total. The van der Waals surface area contributed by atoms with Gasteiger partial charge in [0.1, 0.15) is 17.3 Å². The second-order valence-corrected chi connectivity index (χ2v) is 9.24. The quantitative estimate of drug-likeness (QED) is 0.747. The molecule has 0 aromatic heterocycles. The average molecular weight is 368 g/mol. The van der Waals surface area contributed by atoms with E-state index in [1.165, 1.54) is 6.07 Å². The van der Waals surface area contributed by atoms with Crippen molar-refractivity contribution in [1.82, 2.24) is 0 Å². The van der Waals surface area contributed by atoms with Crippen molar-refractivity contribution in [2.24, 2.45) is 0 Å². The van der Waals surface area contributed by atoms with Crippen LogP contribution in [0.2, 0.25) is 10.0 Å². The fraction of sp³-hybridized carbons (Fsp3) is 0.333. The number of hydrogen-bond acceptors (Lipinski definition) is 5. The summed E-state index contributed by atoms with van der Waals surface area (Å²) in [7, 11) is -2.02. The van der Waals surface area contributed by atoms with Gasteiger partial charge in [0.15, 0.2) is 9.84 Å². The molecule has 1 rings (SSSR count). The minimum Gasteiger partial charge on any atom is -0.491 e. The van der Waals surface area contributed by atoms with Crippen LogP contribution in [0.4, 0.5) is 0 Å². The monoisotopic (exact) mass is 366 g/mol. The normalized spacial score (nSPS) is 12.4. The molecule has 0 saturated carbocycles. The van der Waals surface area contributed by atoms with Crippen LogP contribution in [-0.2, 0) is 18.9 Å². The van der Waals surface area contributed by atoms with Crippen LogP contribution in [0.1, 0.15) is 0 Å². The fourth-order valence-corrected chi connectivity index (χ4v) is 3.29. The number of sulfone groups is 1. The summed E-state index contributed by atoms with van der Waals surface area (Å²) in [5, 5.41) is -0.189. The Hall–Kier alpha value is -0.210. The lowest BCUT2D eigenvalue weighted by atomic mass is 10.3. The highest BCUT2D eigenvalue weighted by Gasteiger charge is 2.18. The summed E-state index contributed by atoms with van der Waals surface area (Å²) < 4.78 is 49.3. The Morgan fingerprint density at radius 3 is 2.16 bits per heavy atom. The Labute approximate surface area is 125 Å². The average Bonchev–Trinajstić information content (AvgIpc) is 2.19. The van der Waals surface area contributed by atoms with E-state index in [2.05, 4.69) is 0 Å². The van der Waals surface area contributed by atoms with E-state index < -0.39 is 18.9 Å². The molecule has 0 saturated heterocycles. The van der Waals surface area contributed by atoms with E-state index in [0.717, 1.165) is 12.3 Å². The van der Waals surface area contributed by atoms with E-state index in [1.54, 1.807) is 0 Å². The van der Waals surface area contributed by atoms with Gasteiger partial charge in [0.05, 0.1) is 15.8 Å². The minimum absolute atomic E-state index is 0.0304. The van der Waals surface area contributed by atoms with Gasteiger partial charge in [0.2, 0.25) is 0 Å². The van der Waals surface area contributed by atoms with Crippen LogP contribution >= 0.6 is 33.9 Å². The molecule has 0 spiro atoms. The third-order valence-electron chi connectivity index (χ3n) is 1.96. The summed E-state index contributed by atoms with van der Waals surface area (Å²) in [6.45, 7) is -0.123. The van der Waals surface area contributed by atoms with Crippen LogP contribution in [0, 0.1) is 0 Å². The summed E-state index contributed by atoms with van der Waals surface area (Å²) in [5.74, 6) is -0.115. The summed E-state index contributed by atoms with van der Waals surface area (Å²) in [6.07, 6.45) is 1.06. The van der Waals surface area contributed by atoms with Gasteiger partial charge in [-0.1, -0.05) is 23.2 Å². The van der Waals surface area contributed by atoms with Crippen LogP contribution in [-0.4, -0.2) is 35.5 Å². The predicted molar refractivity (Wildman–Crippen MR) is 74.7 cm³/mol. The van der Waals surface area contributed by atoms with E-state index in [9.17, 15) is 16.8 Å². The molecule has 0 aliphatic rings. The van der Waals surface area contributed by atoms with Gasteiger partial charge in [-0.3, -0.25) is 0 Å². The van der Waals surface area contributed by atoms with Crippen molar-refractivity contribution in [3.63, 3.8) is 0 Å². The van der Waals surface area contributed by atoms with Gasteiger partial charge >= 0.3 is 0 Å². The minimum atomic E-state index is -4.01. The van der Waals surface area contributed by atoms with Gasteiger partial charge in [0, 0.05) is 23.0 Å². The Morgan fingerprint density at radius 2 is 1.68 bits per heavy atom. The van der Waals surface area contributed by atoms with Crippen molar-refractivity contribution >= 4 is 52.8 Å². The highest BCUT2D eigenvalue weighted by molar-refractivity contribution is 8.13. The molecule has 19 heavy (non-hydrogen) atoms. The Bertz CT molecular complexity index is 682. The maximum atomic E-state index is 11.2. The van der Waals surface area contributed by atoms with Crippen molar-refractivity contribution in [1.29, 1.82) is 0 Å². The number of halogens is 3. The Morgan fingerprint density at radius 1 is 1.11 bits per heavy atom. The largest absolute Gasteiger partial charge is 0.491 e. The first-order chi connectivity index (χ1) is 8.50. The molecular formula is C9H9Cl3O5S2. The molecule has 0 aliphatic heterocycles. The second kappa shape index (κ2) is 6.05. The zero-order valence-electron chi connectivity index (χ0n) is 9.56. The van der Waals surface area contributed by atoms with Gasteiger partial charge in [-0.2, -0.15) is 0 Å². The van der Waals surface area contributed by atoms with Crippen LogP contribution in [0.25, 0.3) is 0 Å². The summed E-state index contributed by atoms with van der Waals surface area (Å²) in [4.78, 5) is -0.337. The van der Waals surface area contributed by atoms with E-state index in [1.807, 2.05) is 0 Å². The van der Waals surface area contributed by atoms with E-state index in [0.29, 0.717) is 0 Å². The van der Waals surface area contributed by atoms with Gasteiger partial charge in [0.25, 0.3) is 9.05 Å². The van der Waals surface area contributed by atoms with Crippen molar-refractivity contribution in [3.05, 3.63) is 22.2 Å². The van der Waals surface area contributed by atoms with Crippen molar-refractivity contribution in [2.75, 3.05) is 18.6 Å². The zero-order valence-corrected chi connectivity index (χ0v) is 13.5. The maximum absolute atomic E-state index is 11.2. The summed E-state index contributed by atoms with van der Waals surface area (Å²) in [6, 6.07) is 2.21. The lowest BCUT2D eigenvalue weighted by molar-refractivity contribution is 0.341. The standard InChI is InChI=1S/C9H9Cl3O5S2/c1-18(13,14)3-2-17-8-4-7(11)9(5-6(8)10)19(12,15)16/h4-5H,2-3H2,1H3. The molecule has 5 nitrogen and oxygen atoms in total. The molecular weight excluding hydrogens is 359 g/mol. The number of hydrogen-bond donors (Lipinski definition) is 0. The molecule has 1 aromatic carbocycles. The third-order valence-corrected chi connectivity index (χ3v) is 4.95. The molecule has 10 heteroatoms. The van der Waals surface area contributed by atoms with E-state index in [-0.39, 0.29) is 33.0 Å². The zero-order chi connectivity index (χ0) is 14.8. The van der Waals surface area contributed by atoms with Gasteiger partial charge in [-0.15, -0.1) is 0 Å². The van der Waals surface area contributed by atoms with E-state index >= 15 is 0 Å². The highest BCUT2D eigenvalue weighted by atomic mass is 35.7. The molecule has 0 unspecified atom stereocenters. The third kappa shape index (κ3) is 5.35. The topological polar surface area (TPSA) is 77.5 Å². The molecule has 0 fully saturated rings. The van der Waals surface area contributed by atoms with Crippen molar-refractivity contribution in [2.45, 2.75) is 4.90 Å². The Kier molecular flexibility index (Phi) is 5.36. The number of rotatable bonds is 5. The molecule has 0 bridgehead atoms. The molecule has 1 aromatic rings. The van der Waals surface area contributed by atoms with Crippen molar-refractivity contribution in [3.8, 4) is 5.75 Å².